The van der Waals surface area contributed by atoms with E-state index in [9.17, 15) is 0 Å². The maximum absolute atomic E-state index is 9.10. The number of hydrogen-bond donors (Lipinski definition) is 2. The monoisotopic (exact) mass is 452 g/mol. The van der Waals surface area contributed by atoms with Gasteiger partial charge in [-0.3, -0.25) is 0 Å². The van der Waals surface area contributed by atoms with E-state index in [0.29, 0.717) is 26.4 Å². The van der Waals surface area contributed by atoms with E-state index < -0.39 is 25.4 Å². The SMILES string of the molecule is CCOP(=S)(OCC)OP(=S)(OCC)OCC.O=C(O)C(=O)O.[KH]. The summed E-state index contributed by atoms with van der Waals surface area (Å²) in [6.07, 6.45) is 0. The molecule has 0 aliphatic carbocycles. The summed E-state index contributed by atoms with van der Waals surface area (Å²) in [5, 5.41) is 14.8. The number of hydrogen-bond acceptors (Lipinski definition) is 9. The Kier molecular flexibility index (Phi) is 21.3. The molecule has 0 saturated carbocycles. The van der Waals surface area contributed by atoms with Gasteiger partial charge in [0.25, 0.3) is 0 Å². The Morgan fingerprint density at radius 1 is 0.750 bits per heavy atom. The third-order valence-electron chi connectivity index (χ3n) is 1.53. The third-order valence-corrected chi connectivity index (χ3v) is 7.89. The first-order valence-corrected chi connectivity index (χ1v) is 11.7. The molecule has 0 aromatic heterocycles. The minimum atomic E-state index is -2.87. The number of carbonyl (C=O) groups is 2. The van der Waals surface area contributed by atoms with E-state index in [4.69, 9.17) is 65.8 Å². The van der Waals surface area contributed by atoms with Gasteiger partial charge < -0.3 is 28.3 Å². The van der Waals surface area contributed by atoms with Crippen molar-refractivity contribution >= 4 is 100 Å². The second kappa shape index (κ2) is 16.8. The van der Waals surface area contributed by atoms with Crippen molar-refractivity contribution in [2.75, 3.05) is 26.4 Å². The van der Waals surface area contributed by atoms with Crippen LogP contribution in [0.1, 0.15) is 27.7 Å². The molecule has 0 bridgehead atoms. The molecule has 0 heterocycles. The molecule has 0 atom stereocenters. The van der Waals surface area contributed by atoms with Crippen LogP contribution in [0.3, 0.4) is 0 Å². The molecule has 140 valence electrons. The van der Waals surface area contributed by atoms with Crippen molar-refractivity contribution in [1.29, 1.82) is 0 Å². The van der Waals surface area contributed by atoms with Crippen LogP contribution in [-0.4, -0.2) is 100.0 Å². The first-order chi connectivity index (χ1) is 10.6. The number of rotatable bonds is 10. The zero-order chi connectivity index (χ0) is 18.5. The van der Waals surface area contributed by atoms with Crippen molar-refractivity contribution < 1.29 is 42.2 Å². The molecular weight excluding hydrogens is 429 g/mol. The fourth-order valence-corrected chi connectivity index (χ4v) is 7.30. The Morgan fingerprint density at radius 2 is 0.958 bits per heavy atom. The van der Waals surface area contributed by atoms with Gasteiger partial charge in [0.15, 0.2) is 0 Å². The van der Waals surface area contributed by atoms with Crippen LogP contribution in [0, 0.1) is 0 Å². The molecule has 0 radical (unpaired) electrons. The van der Waals surface area contributed by atoms with Gasteiger partial charge in [0.05, 0.1) is 26.4 Å². The van der Waals surface area contributed by atoms with Crippen LogP contribution in [-0.2, 0) is 55.6 Å². The molecule has 0 aromatic rings. The first-order valence-electron chi connectivity index (χ1n) is 6.55. The maximum atomic E-state index is 9.10. The Bertz CT molecular complexity index is 404. The summed E-state index contributed by atoms with van der Waals surface area (Å²) in [4.78, 5) is 18.2. The topological polar surface area (TPSA) is 121 Å². The van der Waals surface area contributed by atoms with Crippen molar-refractivity contribution in [3.05, 3.63) is 0 Å². The van der Waals surface area contributed by atoms with Gasteiger partial charge in [-0.2, -0.15) is 0 Å². The molecule has 0 aromatic carbocycles. The summed E-state index contributed by atoms with van der Waals surface area (Å²) >= 11 is 10.4. The van der Waals surface area contributed by atoms with Crippen LogP contribution in [0.25, 0.3) is 0 Å². The van der Waals surface area contributed by atoms with Gasteiger partial charge in [-0.1, -0.05) is 0 Å². The van der Waals surface area contributed by atoms with E-state index in [1.165, 1.54) is 0 Å². The first kappa shape index (κ1) is 30.4. The number of aliphatic carboxylic acids is 2. The van der Waals surface area contributed by atoms with Crippen molar-refractivity contribution in [2.45, 2.75) is 27.7 Å². The number of carboxylic acid groups (broad SMARTS) is 2. The molecule has 2 N–H and O–H groups in total. The third kappa shape index (κ3) is 15.9. The van der Waals surface area contributed by atoms with Gasteiger partial charge in [0, 0.05) is 0 Å². The fourth-order valence-electron chi connectivity index (χ4n) is 0.924. The van der Waals surface area contributed by atoms with Crippen LogP contribution < -0.4 is 0 Å². The zero-order valence-electron chi connectivity index (χ0n) is 13.3. The van der Waals surface area contributed by atoms with E-state index >= 15 is 0 Å². The average Bonchev–Trinajstić information content (AvgIpc) is 2.39. The molecule has 0 amide bonds. The van der Waals surface area contributed by atoms with Crippen LogP contribution in [0.15, 0.2) is 0 Å². The molecule has 0 aliphatic rings. The van der Waals surface area contributed by atoms with Crippen molar-refractivity contribution in [1.82, 2.24) is 0 Å². The molecule has 14 heteroatoms. The quantitative estimate of drug-likeness (QED) is 0.288. The Labute approximate surface area is 194 Å². The van der Waals surface area contributed by atoms with Crippen LogP contribution >= 0.6 is 13.4 Å². The Morgan fingerprint density at radius 3 is 1.08 bits per heavy atom. The van der Waals surface area contributed by atoms with Crippen LogP contribution in [0.5, 0.6) is 0 Å². The summed E-state index contributed by atoms with van der Waals surface area (Å²) in [5.74, 6) is -3.65. The van der Waals surface area contributed by atoms with Gasteiger partial charge in [-0.15, -0.1) is 0 Å². The number of carboxylic acids is 2. The summed E-state index contributed by atoms with van der Waals surface area (Å²) in [6.45, 7) is 3.09. The predicted molar refractivity (Wildman–Crippen MR) is 98.6 cm³/mol. The standard InChI is InChI=1S/C8H20O5P2S2.C2H2O4.K.H/c1-5-9-14(16,10-6-2)13-15(17,11-7-3)12-8-4;3-1(4)2(5)6;;/h5-8H2,1-4H3;(H,3,4)(H,5,6);;. The Hall–Kier alpha value is 1.68. The fraction of sp³-hybridized carbons (Fsp3) is 0.800. The molecule has 0 unspecified atom stereocenters. The molecule has 0 spiro atoms. The molecule has 0 saturated heterocycles. The normalized spacial score (nSPS) is 11.0. The summed E-state index contributed by atoms with van der Waals surface area (Å²) in [7, 11) is 0. The molecule has 0 aliphatic heterocycles. The van der Waals surface area contributed by atoms with Gasteiger partial charge in [-0.25, -0.2) is 13.9 Å². The van der Waals surface area contributed by atoms with E-state index in [1.807, 2.05) is 27.7 Å². The van der Waals surface area contributed by atoms with Crippen LogP contribution in [0.4, 0.5) is 0 Å². The van der Waals surface area contributed by atoms with E-state index in [1.54, 1.807) is 0 Å². The second-order valence-corrected chi connectivity index (χ2v) is 9.42. The summed E-state index contributed by atoms with van der Waals surface area (Å²) in [6, 6.07) is 0. The minimum absolute atomic E-state index is 0. The van der Waals surface area contributed by atoms with Crippen molar-refractivity contribution in [3.8, 4) is 0 Å². The average molecular weight is 452 g/mol. The molecular formula is C10H23KO9P2S2. The summed E-state index contributed by atoms with van der Waals surface area (Å²) < 4.78 is 26.9. The zero-order valence-corrected chi connectivity index (χ0v) is 16.7. The van der Waals surface area contributed by atoms with Crippen molar-refractivity contribution in [2.24, 2.45) is 0 Å². The van der Waals surface area contributed by atoms with E-state index in [0.717, 1.165) is 0 Å². The molecule has 0 fully saturated rings. The van der Waals surface area contributed by atoms with Crippen molar-refractivity contribution in [3.63, 3.8) is 0 Å². The molecule has 0 rings (SSSR count). The van der Waals surface area contributed by atoms with Crippen LogP contribution in [0.2, 0.25) is 0 Å². The van der Waals surface area contributed by atoms with Gasteiger partial charge in [0.2, 0.25) is 0 Å². The Balaban J connectivity index is -0.000000538. The van der Waals surface area contributed by atoms with E-state index in [-0.39, 0.29) is 51.4 Å². The second-order valence-electron chi connectivity index (χ2n) is 3.26. The molecule has 24 heavy (non-hydrogen) atoms. The predicted octanol–water partition coefficient (Wildman–Crippen LogP) is 2.11. The summed E-state index contributed by atoms with van der Waals surface area (Å²) in [5.41, 5.74) is 0. The molecule has 9 nitrogen and oxygen atoms in total. The van der Waals surface area contributed by atoms with E-state index in [2.05, 4.69) is 0 Å². The van der Waals surface area contributed by atoms with Gasteiger partial charge >= 0.3 is 76.8 Å². The van der Waals surface area contributed by atoms with Gasteiger partial charge in [-0.05, 0) is 51.3 Å². The van der Waals surface area contributed by atoms with Gasteiger partial charge in [0.1, 0.15) is 0 Å².